The molecule has 0 amide bonds. The van der Waals surface area contributed by atoms with E-state index in [0.717, 1.165) is 43.9 Å². The monoisotopic (exact) mass is 393 g/mol. The third-order valence-corrected chi connectivity index (χ3v) is 6.42. The van der Waals surface area contributed by atoms with Crippen LogP contribution in [0.25, 0.3) is 5.69 Å². The van der Waals surface area contributed by atoms with E-state index in [1.165, 1.54) is 5.56 Å². The Balaban J connectivity index is 1.26. The molecule has 7 heteroatoms. The predicted molar refractivity (Wildman–Crippen MR) is 109 cm³/mol. The molecule has 2 aliphatic rings. The number of benzene rings is 1. The van der Waals surface area contributed by atoms with Crippen LogP contribution in [0.2, 0.25) is 0 Å². The van der Waals surface area contributed by atoms with Crippen LogP contribution in [0.4, 0.5) is 0 Å². The molecule has 0 bridgehead atoms. The van der Waals surface area contributed by atoms with Gasteiger partial charge in [0.1, 0.15) is 11.4 Å². The first-order valence-electron chi connectivity index (χ1n) is 10.3. The molecule has 7 nitrogen and oxygen atoms in total. The van der Waals surface area contributed by atoms with Crippen LogP contribution in [0.3, 0.4) is 0 Å². The molecule has 2 fully saturated rings. The molecular weight excluding hydrogens is 366 g/mol. The van der Waals surface area contributed by atoms with Gasteiger partial charge in [0, 0.05) is 43.8 Å². The summed E-state index contributed by atoms with van der Waals surface area (Å²) < 4.78 is 9.27. The van der Waals surface area contributed by atoms with Crippen molar-refractivity contribution in [3.63, 3.8) is 0 Å². The van der Waals surface area contributed by atoms with Gasteiger partial charge in [-0.1, -0.05) is 12.1 Å². The average Bonchev–Trinajstić information content (AvgIpc) is 3.48. The standard InChI is InChI=1S/C22H27N5O2/c1-29-22-6-3-2-5-19(22)27-13-16(11-24-27)12-25-14-17-9-20(26-8-4-7-23-26)21(28)10-18(17)15-25/h2-8,11,13,17-18,20-21,28H,9-10,12,14-15H2,1H3/t17-,18+,20-,21-/m1/s1. The van der Waals surface area contributed by atoms with E-state index in [4.69, 9.17) is 4.74 Å². The maximum absolute atomic E-state index is 10.6. The van der Waals surface area contributed by atoms with Crippen molar-refractivity contribution in [2.75, 3.05) is 20.2 Å². The van der Waals surface area contributed by atoms with Crippen LogP contribution >= 0.6 is 0 Å². The number of hydrogen-bond donors (Lipinski definition) is 1. The number of ether oxygens (including phenoxy) is 1. The largest absolute Gasteiger partial charge is 0.494 e. The number of aliphatic hydroxyl groups is 1. The highest BCUT2D eigenvalue weighted by Gasteiger charge is 2.42. The number of fused-ring (bicyclic) bond motifs is 1. The van der Waals surface area contributed by atoms with Crippen molar-refractivity contribution in [1.82, 2.24) is 24.5 Å². The van der Waals surface area contributed by atoms with Gasteiger partial charge in [-0.2, -0.15) is 10.2 Å². The summed E-state index contributed by atoms with van der Waals surface area (Å²) in [6, 6.07) is 9.94. The average molecular weight is 393 g/mol. The number of aromatic nitrogens is 4. The molecule has 5 rings (SSSR count). The maximum atomic E-state index is 10.6. The van der Waals surface area contributed by atoms with Crippen LogP contribution in [0.15, 0.2) is 55.1 Å². The zero-order valence-corrected chi connectivity index (χ0v) is 16.6. The maximum Gasteiger partial charge on any atom is 0.144 e. The van der Waals surface area contributed by atoms with Crippen molar-refractivity contribution < 1.29 is 9.84 Å². The Kier molecular flexibility index (Phi) is 4.85. The van der Waals surface area contributed by atoms with Crippen LogP contribution in [-0.2, 0) is 6.54 Å². The molecule has 0 spiro atoms. The topological polar surface area (TPSA) is 68.3 Å². The van der Waals surface area contributed by atoms with Crippen molar-refractivity contribution in [2.24, 2.45) is 11.8 Å². The fraction of sp³-hybridized carbons (Fsp3) is 0.455. The van der Waals surface area contributed by atoms with Crippen LogP contribution in [0.5, 0.6) is 5.75 Å². The molecule has 0 radical (unpaired) electrons. The first kappa shape index (κ1) is 18.4. The summed E-state index contributed by atoms with van der Waals surface area (Å²) in [5.41, 5.74) is 2.14. The number of nitrogens with zero attached hydrogens (tertiary/aromatic N) is 5. The van der Waals surface area contributed by atoms with E-state index in [1.54, 1.807) is 13.3 Å². The van der Waals surface area contributed by atoms with Gasteiger partial charge in [0.05, 0.1) is 25.5 Å². The quantitative estimate of drug-likeness (QED) is 0.721. The molecule has 152 valence electrons. The summed E-state index contributed by atoms with van der Waals surface area (Å²) in [4.78, 5) is 2.50. The minimum Gasteiger partial charge on any atom is -0.494 e. The fourth-order valence-electron chi connectivity index (χ4n) is 5.05. The summed E-state index contributed by atoms with van der Waals surface area (Å²) in [7, 11) is 1.68. The molecule has 3 aromatic rings. The van der Waals surface area contributed by atoms with Crippen LogP contribution in [-0.4, -0.2) is 55.9 Å². The molecular formula is C22H27N5O2. The number of likely N-dealkylation sites (tertiary alicyclic amines) is 1. The number of hydrogen-bond acceptors (Lipinski definition) is 5. The molecule has 1 aromatic carbocycles. The second-order valence-electron chi connectivity index (χ2n) is 8.27. The van der Waals surface area contributed by atoms with E-state index >= 15 is 0 Å². The fourth-order valence-corrected chi connectivity index (χ4v) is 5.05. The highest BCUT2D eigenvalue weighted by Crippen LogP contribution is 2.41. The number of rotatable bonds is 5. The summed E-state index contributed by atoms with van der Waals surface area (Å²) in [5, 5.41) is 19.5. The normalized spacial score (nSPS) is 27.1. The Morgan fingerprint density at radius 3 is 2.72 bits per heavy atom. The third-order valence-electron chi connectivity index (χ3n) is 6.42. The van der Waals surface area contributed by atoms with Gasteiger partial charge in [-0.25, -0.2) is 4.68 Å². The third kappa shape index (κ3) is 3.56. The van der Waals surface area contributed by atoms with Gasteiger partial charge < -0.3 is 9.84 Å². The second kappa shape index (κ2) is 7.65. The van der Waals surface area contributed by atoms with Crippen LogP contribution < -0.4 is 4.74 Å². The van der Waals surface area contributed by atoms with Crippen LogP contribution in [0, 0.1) is 11.8 Å². The molecule has 29 heavy (non-hydrogen) atoms. The molecule has 1 N–H and O–H groups in total. The first-order valence-corrected chi connectivity index (χ1v) is 10.3. The Bertz CT molecular complexity index is 954. The lowest BCUT2D eigenvalue weighted by Gasteiger charge is -2.35. The van der Waals surface area contributed by atoms with Crippen molar-refractivity contribution in [3.05, 3.63) is 60.7 Å². The molecule has 1 saturated carbocycles. The van der Waals surface area contributed by atoms with Gasteiger partial charge >= 0.3 is 0 Å². The van der Waals surface area contributed by atoms with E-state index < -0.39 is 0 Å². The van der Waals surface area contributed by atoms with E-state index in [2.05, 4.69) is 21.3 Å². The Labute approximate surface area is 170 Å². The van der Waals surface area contributed by atoms with Crippen molar-refractivity contribution in [3.8, 4) is 11.4 Å². The molecule has 1 saturated heterocycles. The SMILES string of the molecule is COc1ccccc1-n1cc(CN2C[C@H]3C[C@@H](n4cccn4)[C@H](O)C[C@H]3C2)cn1. The molecule has 1 aliphatic heterocycles. The van der Waals surface area contributed by atoms with Gasteiger partial charge in [-0.15, -0.1) is 0 Å². The summed E-state index contributed by atoms with van der Waals surface area (Å²) in [5.74, 6) is 1.98. The molecule has 0 unspecified atom stereocenters. The Morgan fingerprint density at radius 1 is 1.10 bits per heavy atom. The Hall–Kier alpha value is -2.64. The smallest absolute Gasteiger partial charge is 0.144 e. The highest BCUT2D eigenvalue weighted by atomic mass is 16.5. The zero-order valence-electron chi connectivity index (χ0n) is 16.6. The summed E-state index contributed by atoms with van der Waals surface area (Å²) in [6.07, 6.45) is 9.31. The van der Waals surface area contributed by atoms with Crippen LogP contribution in [0.1, 0.15) is 24.4 Å². The zero-order chi connectivity index (χ0) is 19.8. The molecule has 2 aromatic heterocycles. The minimum absolute atomic E-state index is 0.0968. The van der Waals surface area contributed by atoms with E-state index in [0.29, 0.717) is 11.8 Å². The van der Waals surface area contributed by atoms with Crippen molar-refractivity contribution >= 4 is 0 Å². The van der Waals surface area contributed by atoms with Gasteiger partial charge in [0.2, 0.25) is 0 Å². The van der Waals surface area contributed by atoms with E-state index in [-0.39, 0.29) is 12.1 Å². The van der Waals surface area contributed by atoms with Gasteiger partial charge in [-0.05, 0) is 42.9 Å². The molecule has 3 heterocycles. The van der Waals surface area contributed by atoms with Crippen molar-refractivity contribution in [2.45, 2.75) is 31.5 Å². The number of para-hydroxylation sites is 2. The summed E-state index contributed by atoms with van der Waals surface area (Å²) in [6.45, 7) is 2.98. The predicted octanol–water partition coefficient (Wildman–Crippen LogP) is 2.52. The van der Waals surface area contributed by atoms with Gasteiger partial charge in [0.25, 0.3) is 0 Å². The lowest BCUT2D eigenvalue weighted by atomic mass is 9.77. The van der Waals surface area contributed by atoms with Gasteiger partial charge in [-0.3, -0.25) is 9.58 Å². The lowest BCUT2D eigenvalue weighted by molar-refractivity contribution is 0.0306. The highest BCUT2D eigenvalue weighted by molar-refractivity contribution is 5.46. The molecule has 1 aliphatic carbocycles. The number of aliphatic hydroxyl groups excluding tert-OH is 1. The number of methoxy groups -OCH3 is 1. The van der Waals surface area contributed by atoms with E-state index in [1.807, 2.05) is 52.1 Å². The summed E-state index contributed by atoms with van der Waals surface area (Å²) >= 11 is 0. The second-order valence-corrected chi connectivity index (χ2v) is 8.27. The lowest BCUT2D eigenvalue weighted by Crippen LogP contribution is -2.36. The van der Waals surface area contributed by atoms with E-state index in [9.17, 15) is 5.11 Å². The first-order chi connectivity index (χ1) is 14.2. The minimum atomic E-state index is -0.315. The van der Waals surface area contributed by atoms with Gasteiger partial charge in [0.15, 0.2) is 0 Å². The van der Waals surface area contributed by atoms with Crippen molar-refractivity contribution in [1.29, 1.82) is 0 Å². The Morgan fingerprint density at radius 2 is 1.93 bits per heavy atom. The molecule has 4 atom stereocenters.